The second-order valence-corrected chi connectivity index (χ2v) is 8.63. The van der Waals surface area contributed by atoms with E-state index in [1.807, 2.05) is 0 Å². The highest BCUT2D eigenvalue weighted by Crippen LogP contribution is 2.28. The quantitative estimate of drug-likeness (QED) is 0.494. The average Bonchev–Trinajstić information content (AvgIpc) is 3.26. The zero-order chi connectivity index (χ0) is 24.9. The molecule has 1 heterocycles. The topological polar surface area (TPSA) is 112 Å². The van der Waals surface area contributed by atoms with Crippen LogP contribution in [0.25, 0.3) is 0 Å². The van der Waals surface area contributed by atoms with Gasteiger partial charge in [0.05, 0.1) is 12.6 Å². The number of amides is 2. The minimum Gasteiger partial charge on any atom is -0.376 e. The fraction of sp³-hybridized carbons (Fsp3) is 0.565. The molecule has 1 aromatic rings. The summed E-state index contributed by atoms with van der Waals surface area (Å²) in [6.45, 7) is 1.56. The molecule has 3 N–H and O–H groups in total. The summed E-state index contributed by atoms with van der Waals surface area (Å²) in [6.07, 6.45) is -3.15. The number of likely N-dealkylation sites (tertiary alicyclic amines) is 1. The number of ether oxygens (including phenoxy) is 1. The fourth-order valence-corrected chi connectivity index (χ4v) is 4.52. The third-order valence-electron chi connectivity index (χ3n) is 6.13. The van der Waals surface area contributed by atoms with Crippen LogP contribution in [0.1, 0.15) is 51.0 Å². The van der Waals surface area contributed by atoms with Gasteiger partial charge in [-0.05, 0) is 44.6 Å². The van der Waals surface area contributed by atoms with Gasteiger partial charge in [0.1, 0.15) is 11.8 Å². The van der Waals surface area contributed by atoms with Gasteiger partial charge in [-0.1, -0.05) is 18.2 Å². The van der Waals surface area contributed by atoms with Crippen molar-refractivity contribution in [1.82, 2.24) is 10.2 Å². The maximum atomic E-state index is 12.9. The molecule has 3 rings (SSSR count). The standard InChI is InChI=1S/C23H29F3N4O4/c1-14(31)21(27)17-8-2-3-9-18(17)28-13-20(32)30-11-5-10-19(30)22(33)29-15-6-4-7-16(12-15)34-23(24,25)26/h2-3,8-9,15-16,19,27-28H,4-7,10-13H2,1H3,(H,29,33)/t15?,16?,19-/m0/s1. The molecule has 11 heteroatoms. The van der Waals surface area contributed by atoms with E-state index in [4.69, 9.17) is 5.41 Å². The van der Waals surface area contributed by atoms with Crippen LogP contribution in [-0.2, 0) is 19.1 Å². The van der Waals surface area contributed by atoms with Crippen molar-refractivity contribution in [2.75, 3.05) is 18.4 Å². The molecule has 2 fully saturated rings. The van der Waals surface area contributed by atoms with E-state index in [2.05, 4.69) is 15.4 Å². The van der Waals surface area contributed by atoms with Crippen molar-refractivity contribution in [3.8, 4) is 0 Å². The molecule has 0 bridgehead atoms. The molecule has 3 atom stereocenters. The number of Topliss-reactive ketones (excluding diaryl/α,β-unsaturated/α-hetero) is 1. The zero-order valence-corrected chi connectivity index (χ0v) is 18.9. The molecule has 1 saturated heterocycles. The Morgan fingerprint density at radius 2 is 1.88 bits per heavy atom. The third kappa shape index (κ3) is 6.78. The minimum atomic E-state index is -4.71. The first-order valence-corrected chi connectivity index (χ1v) is 11.3. The molecule has 0 aromatic heterocycles. The lowest BCUT2D eigenvalue weighted by Gasteiger charge is -2.32. The molecule has 8 nitrogen and oxygen atoms in total. The van der Waals surface area contributed by atoms with E-state index in [1.54, 1.807) is 24.3 Å². The van der Waals surface area contributed by atoms with Crippen molar-refractivity contribution in [3.63, 3.8) is 0 Å². The smallest absolute Gasteiger partial charge is 0.376 e. The van der Waals surface area contributed by atoms with E-state index in [-0.39, 0.29) is 36.9 Å². The predicted octanol–water partition coefficient (Wildman–Crippen LogP) is 3.01. The first kappa shape index (κ1) is 25.7. The molecule has 2 unspecified atom stereocenters. The summed E-state index contributed by atoms with van der Waals surface area (Å²) in [5, 5.41) is 13.7. The molecule has 1 aliphatic carbocycles. The molecular weight excluding hydrogens is 453 g/mol. The number of ketones is 1. The Morgan fingerprint density at radius 1 is 1.15 bits per heavy atom. The first-order chi connectivity index (χ1) is 16.0. The van der Waals surface area contributed by atoms with E-state index in [0.29, 0.717) is 43.5 Å². The highest BCUT2D eigenvalue weighted by atomic mass is 19.4. The van der Waals surface area contributed by atoms with Crippen molar-refractivity contribution in [3.05, 3.63) is 29.8 Å². The maximum Gasteiger partial charge on any atom is 0.522 e. The predicted molar refractivity (Wildman–Crippen MR) is 119 cm³/mol. The second kappa shape index (κ2) is 11.0. The van der Waals surface area contributed by atoms with Gasteiger partial charge in [0.2, 0.25) is 11.8 Å². The van der Waals surface area contributed by atoms with Gasteiger partial charge in [0.25, 0.3) is 0 Å². The number of nitrogens with zero attached hydrogens (tertiary/aromatic N) is 1. The van der Waals surface area contributed by atoms with E-state index >= 15 is 0 Å². The monoisotopic (exact) mass is 482 g/mol. The van der Waals surface area contributed by atoms with E-state index in [1.165, 1.54) is 11.8 Å². The number of para-hydroxylation sites is 1. The Labute approximate surface area is 195 Å². The Hall–Kier alpha value is -2.95. The van der Waals surface area contributed by atoms with Gasteiger partial charge in [-0.2, -0.15) is 0 Å². The molecule has 0 spiro atoms. The van der Waals surface area contributed by atoms with Crippen LogP contribution >= 0.6 is 0 Å². The SMILES string of the molecule is CC(=O)C(=N)c1ccccc1NCC(=O)N1CCC[C@H]1C(=O)NC1CCCC(OC(F)(F)F)C1. The minimum absolute atomic E-state index is 0.0758. The molecular formula is C23H29F3N4O4. The molecule has 1 aliphatic heterocycles. The first-order valence-electron chi connectivity index (χ1n) is 11.3. The highest BCUT2D eigenvalue weighted by molar-refractivity contribution is 6.45. The Bertz CT molecular complexity index is 937. The van der Waals surface area contributed by atoms with Crippen molar-refractivity contribution >= 4 is 29.0 Å². The lowest BCUT2D eigenvalue weighted by molar-refractivity contribution is -0.345. The number of carbonyl (C=O) groups is 3. The van der Waals surface area contributed by atoms with E-state index < -0.39 is 30.3 Å². The van der Waals surface area contributed by atoms with Crippen LogP contribution in [0.2, 0.25) is 0 Å². The lowest BCUT2D eigenvalue weighted by atomic mass is 9.92. The molecule has 34 heavy (non-hydrogen) atoms. The zero-order valence-electron chi connectivity index (χ0n) is 18.9. The van der Waals surface area contributed by atoms with Crippen molar-refractivity contribution in [2.24, 2.45) is 0 Å². The van der Waals surface area contributed by atoms with Crippen molar-refractivity contribution in [2.45, 2.75) is 70.0 Å². The average molecular weight is 483 g/mol. The van der Waals surface area contributed by atoms with Crippen LogP contribution in [-0.4, -0.2) is 65.8 Å². The Kier molecular flexibility index (Phi) is 8.29. The molecule has 1 saturated carbocycles. The van der Waals surface area contributed by atoms with E-state index in [9.17, 15) is 27.6 Å². The van der Waals surface area contributed by atoms with Crippen LogP contribution in [0.5, 0.6) is 0 Å². The number of alkyl halides is 3. The number of hydrogen-bond donors (Lipinski definition) is 3. The van der Waals surface area contributed by atoms with Gasteiger partial charge < -0.3 is 15.5 Å². The molecule has 1 aromatic carbocycles. The third-order valence-corrected chi connectivity index (χ3v) is 6.13. The summed E-state index contributed by atoms with van der Waals surface area (Å²) in [5.41, 5.74) is 0.676. The van der Waals surface area contributed by atoms with Gasteiger partial charge >= 0.3 is 6.36 Å². The van der Waals surface area contributed by atoms with Crippen LogP contribution < -0.4 is 10.6 Å². The number of hydrogen-bond acceptors (Lipinski definition) is 6. The normalized spacial score (nSPS) is 22.8. The van der Waals surface area contributed by atoms with Gasteiger partial charge in [-0.15, -0.1) is 13.2 Å². The summed E-state index contributed by atoms with van der Waals surface area (Å²) in [4.78, 5) is 38.8. The van der Waals surface area contributed by atoms with Crippen LogP contribution in [0.15, 0.2) is 24.3 Å². The van der Waals surface area contributed by atoms with Gasteiger partial charge in [-0.25, -0.2) is 0 Å². The van der Waals surface area contributed by atoms with E-state index in [0.717, 1.165) is 0 Å². The summed E-state index contributed by atoms with van der Waals surface area (Å²) in [6, 6.07) is 5.56. The molecule has 2 amide bonds. The number of benzene rings is 1. The number of rotatable bonds is 8. The summed E-state index contributed by atoms with van der Waals surface area (Å²) < 4.78 is 41.7. The van der Waals surface area contributed by atoms with Crippen LogP contribution in [0.4, 0.5) is 18.9 Å². The van der Waals surface area contributed by atoms with Crippen LogP contribution in [0.3, 0.4) is 0 Å². The van der Waals surface area contributed by atoms with Crippen molar-refractivity contribution < 1.29 is 32.3 Å². The van der Waals surface area contributed by atoms with Gasteiger partial charge in [0, 0.05) is 30.8 Å². The Balaban J connectivity index is 1.57. The number of halogens is 3. The molecule has 0 radical (unpaired) electrons. The van der Waals surface area contributed by atoms with Crippen molar-refractivity contribution in [1.29, 1.82) is 5.41 Å². The summed E-state index contributed by atoms with van der Waals surface area (Å²) in [5.74, 6) is -1.09. The van der Waals surface area contributed by atoms with Gasteiger partial charge in [-0.3, -0.25) is 24.5 Å². The molecule has 2 aliphatic rings. The number of anilines is 1. The lowest BCUT2D eigenvalue weighted by Crippen LogP contribution is -2.51. The second-order valence-electron chi connectivity index (χ2n) is 8.63. The summed E-state index contributed by atoms with van der Waals surface area (Å²) >= 11 is 0. The molecule has 186 valence electrons. The highest BCUT2D eigenvalue weighted by Gasteiger charge is 2.38. The Morgan fingerprint density at radius 3 is 2.59 bits per heavy atom. The van der Waals surface area contributed by atoms with Gasteiger partial charge in [0.15, 0.2) is 5.78 Å². The fourth-order valence-electron chi connectivity index (χ4n) is 4.52. The number of carbonyl (C=O) groups excluding carboxylic acids is 3. The van der Waals surface area contributed by atoms with Crippen LogP contribution in [0, 0.1) is 5.41 Å². The maximum absolute atomic E-state index is 12.9. The number of nitrogens with one attached hydrogen (secondary N) is 3. The largest absolute Gasteiger partial charge is 0.522 e. The summed E-state index contributed by atoms with van der Waals surface area (Å²) in [7, 11) is 0.